The van der Waals surface area contributed by atoms with Gasteiger partial charge in [-0.3, -0.25) is 4.79 Å². The van der Waals surface area contributed by atoms with E-state index in [1.807, 2.05) is 0 Å². The maximum absolute atomic E-state index is 11.6. The van der Waals surface area contributed by atoms with Crippen molar-refractivity contribution in [3.8, 4) is 0 Å². The monoisotopic (exact) mass is 279 g/mol. The molecule has 5 N–H and O–H groups in total. The molecule has 110 valence electrons. The van der Waals surface area contributed by atoms with Gasteiger partial charge in [0.1, 0.15) is 0 Å². The predicted octanol–water partition coefficient (Wildman–Crippen LogP) is 1.29. The minimum absolute atomic E-state index is 0.298. The molecule has 0 spiro atoms. The lowest BCUT2D eigenvalue weighted by atomic mass is 9.92. The number of carbonyl (C=O) groups excluding carboxylic acids is 2. The Morgan fingerprint density at radius 3 is 2.45 bits per heavy atom. The van der Waals surface area contributed by atoms with Gasteiger partial charge >= 0.3 is 5.97 Å². The Kier molecular flexibility index (Phi) is 4.60. The van der Waals surface area contributed by atoms with Crippen LogP contribution in [0.2, 0.25) is 0 Å². The number of nitrogen functional groups attached to an aromatic ring is 1. The molecule has 0 unspecified atom stereocenters. The highest BCUT2D eigenvalue weighted by molar-refractivity contribution is 5.97. The van der Waals surface area contributed by atoms with E-state index < -0.39 is 17.3 Å². The number of nitrogens with one attached hydrogen (secondary N) is 1. The molecule has 0 saturated carbocycles. The van der Waals surface area contributed by atoms with Crippen LogP contribution >= 0.6 is 0 Å². The lowest BCUT2D eigenvalue weighted by Crippen LogP contribution is -2.37. The van der Waals surface area contributed by atoms with Crippen LogP contribution in [0.3, 0.4) is 0 Å². The highest BCUT2D eigenvalue weighted by Crippen LogP contribution is 2.24. The van der Waals surface area contributed by atoms with Crippen molar-refractivity contribution in [2.24, 2.45) is 11.1 Å². The molecule has 6 heteroatoms. The van der Waals surface area contributed by atoms with Gasteiger partial charge in [0, 0.05) is 17.9 Å². The van der Waals surface area contributed by atoms with Gasteiger partial charge in [0.25, 0.3) is 0 Å². The van der Waals surface area contributed by atoms with Crippen LogP contribution in [0.1, 0.15) is 29.8 Å². The number of rotatable bonds is 5. The third-order valence-corrected chi connectivity index (χ3v) is 3.19. The third kappa shape index (κ3) is 3.40. The first-order chi connectivity index (χ1) is 9.19. The minimum atomic E-state index is -0.694. The molecule has 0 aliphatic heterocycles. The first kappa shape index (κ1) is 15.8. The number of aryl methyl sites for hydroxylation is 1. The number of amides is 1. The van der Waals surface area contributed by atoms with Crippen LogP contribution in [0.5, 0.6) is 0 Å². The number of esters is 1. The molecule has 0 aromatic heterocycles. The number of hydrogen-bond donors (Lipinski definition) is 3. The van der Waals surface area contributed by atoms with Gasteiger partial charge < -0.3 is 21.5 Å². The van der Waals surface area contributed by atoms with Crippen LogP contribution in [0.25, 0.3) is 0 Å². The summed E-state index contributed by atoms with van der Waals surface area (Å²) < 4.78 is 4.69. The predicted molar refractivity (Wildman–Crippen MR) is 78.4 cm³/mol. The van der Waals surface area contributed by atoms with Crippen LogP contribution in [-0.2, 0) is 9.53 Å². The Hall–Kier alpha value is -2.24. The maximum atomic E-state index is 11.6. The highest BCUT2D eigenvalue weighted by Gasteiger charge is 2.24. The Bertz CT molecular complexity index is 539. The highest BCUT2D eigenvalue weighted by atomic mass is 16.5. The Morgan fingerprint density at radius 2 is 1.95 bits per heavy atom. The van der Waals surface area contributed by atoms with Crippen molar-refractivity contribution in [1.29, 1.82) is 0 Å². The van der Waals surface area contributed by atoms with E-state index >= 15 is 0 Å². The van der Waals surface area contributed by atoms with E-state index in [1.165, 1.54) is 7.11 Å². The van der Waals surface area contributed by atoms with Crippen LogP contribution < -0.4 is 16.8 Å². The van der Waals surface area contributed by atoms with Gasteiger partial charge in [-0.1, -0.05) is 0 Å². The van der Waals surface area contributed by atoms with Crippen LogP contribution in [-0.4, -0.2) is 25.5 Å². The SMILES string of the molecule is COC(=O)c1cc(NCC(C)(C)C(N)=O)cc(C)c1N. The van der Waals surface area contributed by atoms with Gasteiger partial charge in [0.2, 0.25) is 5.91 Å². The fourth-order valence-electron chi connectivity index (χ4n) is 1.59. The molecular weight excluding hydrogens is 258 g/mol. The van der Waals surface area contributed by atoms with Crippen molar-refractivity contribution < 1.29 is 14.3 Å². The first-order valence-electron chi connectivity index (χ1n) is 6.21. The molecule has 1 aromatic carbocycles. The number of primary amides is 1. The summed E-state index contributed by atoms with van der Waals surface area (Å²) >= 11 is 0. The summed E-state index contributed by atoms with van der Waals surface area (Å²) in [6.45, 7) is 5.64. The first-order valence-corrected chi connectivity index (χ1v) is 6.21. The van der Waals surface area contributed by atoms with Crippen LogP contribution in [0, 0.1) is 12.3 Å². The fourth-order valence-corrected chi connectivity index (χ4v) is 1.59. The van der Waals surface area contributed by atoms with Gasteiger partial charge in [0.05, 0.1) is 18.1 Å². The number of carbonyl (C=O) groups is 2. The normalized spacial score (nSPS) is 11.0. The third-order valence-electron chi connectivity index (χ3n) is 3.19. The summed E-state index contributed by atoms with van der Waals surface area (Å²) in [5.41, 5.74) is 12.6. The summed E-state index contributed by atoms with van der Waals surface area (Å²) in [5, 5.41) is 3.09. The van der Waals surface area contributed by atoms with E-state index in [0.717, 1.165) is 5.56 Å². The molecule has 0 heterocycles. The average molecular weight is 279 g/mol. The van der Waals surface area contributed by atoms with E-state index in [2.05, 4.69) is 10.1 Å². The zero-order valence-electron chi connectivity index (χ0n) is 12.2. The largest absolute Gasteiger partial charge is 0.465 e. The van der Waals surface area contributed by atoms with Crippen molar-refractivity contribution in [3.63, 3.8) is 0 Å². The second-order valence-electron chi connectivity index (χ2n) is 5.35. The number of hydrogen-bond acceptors (Lipinski definition) is 5. The smallest absolute Gasteiger partial charge is 0.340 e. The molecule has 1 rings (SSSR count). The summed E-state index contributed by atoms with van der Waals surface area (Å²) in [4.78, 5) is 22.9. The molecular formula is C14H21N3O3. The van der Waals surface area contributed by atoms with Crippen molar-refractivity contribution >= 4 is 23.3 Å². The van der Waals surface area contributed by atoms with E-state index in [0.29, 0.717) is 23.5 Å². The summed E-state index contributed by atoms with van der Waals surface area (Å²) in [5.74, 6) is -0.895. The molecule has 1 aromatic rings. The van der Waals surface area contributed by atoms with E-state index in [9.17, 15) is 9.59 Å². The molecule has 0 aliphatic carbocycles. The Morgan fingerprint density at radius 1 is 1.35 bits per heavy atom. The molecule has 20 heavy (non-hydrogen) atoms. The molecule has 0 saturated heterocycles. The average Bonchev–Trinajstić information content (AvgIpc) is 2.38. The molecule has 0 aliphatic rings. The van der Waals surface area contributed by atoms with Crippen molar-refractivity contribution in [2.75, 3.05) is 24.7 Å². The number of benzene rings is 1. The lowest BCUT2D eigenvalue weighted by Gasteiger charge is -2.22. The zero-order chi connectivity index (χ0) is 15.5. The topological polar surface area (TPSA) is 107 Å². The molecule has 0 radical (unpaired) electrons. The molecule has 6 nitrogen and oxygen atoms in total. The number of methoxy groups -OCH3 is 1. The summed E-state index contributed by atoms with van der Waals surface area (Å²) in [6.07, 6.45) is 0. The molecule has 0 fully saturated rings. The number of nitrogens with two attached hydrogens (primary N) is 2. The Balaban J connectivity index is 3.01. The quantitative estimate of drug-likeness (QED) is 0.556. The second-order valence-corrected chi connectivity index (χ2v) is 5.35. The molecule has 1 amide bonds. The standard InChI is InChI=1S/C14H21N3O3/c1-8-5-9(17-7-14(2,3)13(16)19)6-10(11(8)15)12(18)20-4/h5-6,17H,7,15H2,1-4H3,(H2,16,19). The number of anilines is 2. The zero-order valence-corrected chi connectivity index (χ0v) is 12.2. The van der Waals surface area contributed by atoms with Crippen LogP contribution in [0.15, 0.2) is 12.1 Å². The van der Waals surface area contributed by atoms with Gasteiger partial charge in [-0.2, -0.15) is 0 Å². The molecule has 0 bridgehead atoms. The Labute approximate surface area is 118 Å². The van der Waals surface area contributed by atoms with Gasteiger partial charge in [-0.05, 0) is 38.5 Å². The van der Waals surface area contributed by atoms with Crippen molar-refractivity contribution in [2.45, 2.75) is 20.8 Å². The van der Waals surface area contributed by atoms with Gasteiger partial charge in [-0.25, -0.2) is 4.79 Å². The van der Waals surface area contributed by atoms with Crippen molar-refractivity contribution in [3.05, 3.63) is 23.3 Å². The summed E-state index contributed by atoms with van der Waals surface area (Å²) in [6, 6.07) is 3.41. The van der Waals surface area contributed by atoms with Gasteiger partial charge in [0.15, 0.2) is 0 Å². The minimum Gasteiger partial charge on any atom is -0.465 e. The fraction of sp³-hybridized carbons (Fsp3) is 0.429. The van der Waals surface area contributed by atoms with Gasteiger partial charge in [-0.15, -0.1) is 0 Å². The van der Waals surface area contributed by atoms with Crippen LogP contribution in [0.4, 0.5) is 11.4 Å². The maximum Gasteiger partial charge on any atom is 0.340 e. The number of ether oxygens (including phenoxy) is 1. The van der Waals surface area contributed by atoms with E-state index in [-0.39, 0.29) is 0 Å². The second kappa shape index (κ2) is 5.81. The van der Waals surface area contributed by atoms with E-state index in [4.69, 9.17) is 11.5 Å². The molecule has 0 atom stereocenters. The van der Waals surface area contributed by atoms with E-state index in [1.54, 1.807) is 32.9 Å². The van der Waals surface area contributed by atoms with Crippen molar-refractivity contribution in [1.82, 2.24) is 0 Å². The lowest BCUT2D eigenvalue weighted by molar-refractivity contribution is -0.125. The summed E-state index contributed by atoms with van der Waals surface area (Å²) in [7, 11) is 1.30.